The second kappa shape index (κ2) is 6.50. The molecule has 2 aliphatic rings. The zero-order valence-electron chi connectivity index (χ0n) is 15.6. The number of ether oxygens (including phenoxy) is 1. The SMILES string of the molecule is CC(C)(C)c1nnc2ccc(N3CC(CNC(=O)C4CCOC4)C3)nn12. The van der Waals surface area contributed by atoms with Crippen LogP contribution in [0.1, 0.15) is 33.0 Å². The summed E-state index contributed by atoms with van der Waals surface area (Å²) in [7, 11) is 0. The molecule has 0 aromatic carbocycles. The highest BCUT2D eigenvalue weighted by Crippen LogP contribution is 2.25. The normalized spacial score (nSPS) is 21.2. The van der Waals surface area contributed by atoms with Gasteiger partial charge in [0.15, 0.2) is 11.5 Å². The van der Waals surface area contributed by atoms with E-state index in [0.717, 1.165) is 36.8 Å². The minimum atomic E-state index is -0.114. The highest BCUT2D eigenvalue weighted by molar-refractivity contribution is 5.79. The molecule has 2 aromatic rings. The molecule has 0 saturated carbocycles. The van der Waals surface area contributed by atoms with Crippen molar-refractivity contribution in [3.8, 4) is 0 Å². The molecule has 8 nitrogen and oxygen atoms in total. The number of hydrogen-bond donors (Lipinski definition) is 1. The van der Waals surface area contributed by atoms with Gasteiger partial charge in [-0.25, -0.2) is 0 Å². The largest absolute Gasteiger partial charge is 0.381 e. The first kappa shape index (κ1) is 17.2. The number of nitrogens with zero attached hydrogens (tertiary/aromatic N) is 5. The van der Waals surface area contributed by atoms with Crippen LogP contribution in [0.4, 0.5) is 5.82 Å². The molecular weight excluding hydrogens is 332 g/mol. The fourth-order valence-corrected chi connectivity index (χ4v) is 3.43. The van der Waals surface area contributed by atoms with Crippen LogP contribution < -0.4 is 10.2 Å². The highest BCUT2D eigenvalue weighted by Gasteiger charge is 2.31. The maximum Gasteiger partial charge on any atom is 0.225 e. The fourth-order valence-electron chi connectivity index (χ4n) is 3.43. The van der Waals surface area contributed by atoms with Crippen LogP contribution in [-0.4, -0.2) is 58.6 Å². The minimum absolute atomic E-state index is 0.0276. The number of hydrogen-bond acceptors (Lipinski definition) is 6. The summed E-state index contributed by atoms with van der Waals surface area (Å²) in [5.74, 6) is 2.40. The zero-order valence-corrected chi connectivity index (χ0v) is 15.6. The van der Waals surface area contributed by atoms with E-state index in [2.05, 4.69) is 41.2 Å². The number of anilines is 1. The summed E-state index contributed by atoms with van der Waals surface area (Å²) in [6.45, 7) is 10.1. The molecule has 0 spiro atoms. The number of nitrogens with one attached hydrogen (secondary N) is 1. The van der Waals surface area contributed by atoms with Crippen molar-refractivity contribution in [3.63, 3.8) is 0 Å². The van der Waals surface area contributed by atoms with Gasteiger partial charge in [-0.3, -0.25) is 4.79 Å². The van der Waals surface area contributed by atoms with Crippen LogP contribution in [0.25, 0.3) is 5.65 Å². The van der Waals surface area contributed by atoms with E-state index >= 15 is 0 Å². The first-order chi connectivity index (χ1) is 12.4. The molecule has 4 heterocycles. The zero-order chi connectivity index (χ0) is 18.3. The van der Waals surface area contributed by atoms with Crippen LogP contribution in [0.5, 0.6) is 0 Å². The predicted octanol–water partition coefficient (Wildman–Crippen LogP) is 1.01. The maximum absolute atomic E-state index is 12.1. The van der Waals surface area contributed by atoms with Crippen molar-refractivity contribution in [1.29, 1.82) is 0 Å². The Kier molecular flexibility index (Phi) is 4.30. The Morgan fingerprint density at radius 2 is 2.12 bits per heavy atom. The number of amides is 1. The third-order valence-electron chi connectivity index (χ3n) is 5.07. The Bertz CT molecular complexity index is 800. The lowest BCUT2D eigenvalue weighted by Gasteiger charge is -2.40. The Hall–Kier alpha value is -2.22. The molecule has 1 atom stereocenters. The molecule has 1 unspecified atom stereocenters. The molecule has 8 heteroatoms. The van der Waals surface area contributed by atoms with E-state index in [9.17, 15) is 4.79 Å². The summed E-state index contributed by atoms with van der Waals surface area (Å²) in [4.78, 5) is 14.3. The van der Waals surface area contributed by atoms with E-state index in [-0.39, 0.29) is 17.2 Å². The molecular formula is C18H26N6O2. The van der Waals surface area contributed by atoms with Crippen molar-refractivity contribution in [2.45, 2.75) is 32.6 Å². The van der Waals surface area contributed by atoms with Crippen LogP contribution in [0.3, 0.4) is 0 Å². The number of fused-ring (bicyclic) bond motifs is 1. The first-order valence-electron chi connectivity index (χ1n) is 9.25. The number of rotatable bonds is 4. The lowest BCUT2D eigenvalue weighted by molar-refractivity contribution is -0.125. The molecule has 1 N–H and O–H groups in total. The van der Waals surface area contributed by atoms with E-state index in [1.807, 2.05) is 16.6 Å². The van der Waals surface area contributed by atoms with Crippen molar-refractivity contribution < 1.29 is 9.53 Å². The Morgan fingerprint density at radius 3 is 2.81 bits per heavy atom. The number of aromatic nitrogens is 4. The van der Waals surface area contributed by atoms with E-state index in [1.54, 1.807) is 0 Å². The van der Waals surface area contributed by atoms with Crippen LogP contribution in [0.15, 0.2) is 12.1 Å². The van der Waals surface area contributed by atoms with Gasteiger partial charge >= 0.3 is 0 Å². The Labute approximate surface area is 152 Å². The third-order valence-corrected chi connectivity index (χ3v) is 5.07. The van der Waals surface area contributed by atoms with E-state index in [4.69, 9.17) is 9.84 Å². The molecule has 0 radical (unpaired) electrons. The van der Waals surface area contributed by atoms with Crippen LogP contribution >= 0.6 is 0 Å². The van der Waals surface area contributed by atoms with Gasteiger partial charge < -0.3 is 15.0 Å². The van der Waals surface area contributed by atoms with Crippen LogP contribution in [0, 0.1) is 11.8 Å². The highest BCUT2D eigenvalue weighted by atomic mass is 16.5. The topological polar surface area (TPSA) is 84.7 Å². The van der Waals surface area contributed by atoms with E-state index in [0.29, 0.717) is 25.7 Å². The maximum atomic E-state index is 12.1. The van der Waals surface area contributed by atoms with Gasteiger partial charge in [0.25, 0.3) is 0 Å². The molecule has 2 aromatic heterocycles. The predicted molar refractivity (Wildman–Crippen MR) is 97.1 cm³/mol. The van der Waals surface area contributed by atoms with E-state index < -0.39 is 0 Å². The van der Waals surface area contributed by atoms with Crippen molar-refractivity contribution in [1.82, 2.24) is 25.1 Å². The average molecular weight is 358 g/mol. The standard InChI is InChI=1S/C18H26N6O2/c1-18(2,3)17-21-20-14-4-5-15(22-24(14)17)23-9-12(10-23)8-19-16(25)13-6-7-26-11-13/h4-5,12-13H,6-11H2,1-3H3,(H,19,25). The summed E-state index contributed by atoms with van der Waals surface area (Å²) >= 11 is 0. The molecule has 140 valence electrons. The summed E-state index contributed by atoms with van der Waals surface area (Å²) in [6, 6.07) is 3.95. The van der Waals surface area contributed by atoms with Gasteiger partial charge in [0.2, 0.25) is 5.91 Å². The van der Waals surface area contributed by atoms with Crippen molar-refractivity contribution in [3.05, 3.63) is 18.0 Å². The molecule has 2 aliphatic heterocycles. The average Bonchev–Trinajstić information content (AvgIpc) is 3.21. The second-order valence-electron chi connectivity index (χ2n) is 8.31. The van der Waals surface area contributed by atoms with Crippen molar-refractivity contribution in [2.75, 3.05) is 37.7 Å². The van der Waals surface area contributed by atoms with E-state index in [1.165, 1.54) is 0 Å². The van der Waals surface area contributed by atoms with Gasteiger partial charge in [-0.2, -0.15) is 4.52 Å². The summed E-state index contributed by atoms with van der Waals surface area (Å²) in [5.41, 5.74) is 0.651. The molecule has 4 rings (SSSR count). The van der Waals surface area contributed by atoms with Gasteiger partial charge in [0, 0.05) is 37.6 Å². The van der Waals surface area contributed by atoms with Gasteiger partial charge in [0.1, 0.15) is 5.82 Å². The van der Waals surface area contributed by atoms with Crippen molar-refractivity contribution in [2.24, 2.45) is 11.8 Å². The smallest absolute Gasteiger partial charge is 0.225 e. The molecule has 0 aliphatic carbocycles. The van der Waals surface area contributed by atoms with Crippen LogP contribution in [-0.2, 0) is 14.9 Å². The van der Waals surface area contributed by atoms with Crippen molar-refractivity contribution >= 4 is 17.4 Å². The molecule has 0 bridgehead atoms. The van der Waals surface area contributed by atoms with Gasteiger partial charge in [0.05, 0.1) is 12.5 Å². The minimum Gasteiger partial charge on any atom is -0.381 e. The van der Waals surface area contributed by atoms with Crippen LogP contribution in [0.2, 0.25) is 0 Å². The Balaban J connectivity index is 1.35. The third kappa shape index (κ3) is 3.25. The second-order valence-corrected chi connectivity index (χ2v) is 8.31. The Morgan fingerprint density at radius 1 is 1.31 bits per heavy atom. The molecule has 2 fully saturated rings. The lowest BCUT2D eigenvalue weighted by Crippen LogP contribution is -2.52. The number of carbonyl (C=O) groups is 1. The summed E-state index contributed by atoms with van der Waals surface area (Å²) in [5, 5.41) is 16.3. The number of carbonyl (C=O) groups excluding carboxylic acids is 1. The fraction of sp³-hybridized carbons (Fsp3) is 0.667. The molecule has 1 amide bonds. The lowest BCUT2D eigenvalue weighted by atomic mass is 9.96. The monoisotopic (exact) mass is 358 g/mol. The quantitative estimate of drug-likeness (QED) is 0.878. The molecule has 2 saturated heterocycles. The van der Waals surface area contributed by atoms with Gasteiger partial charge in [-0.15, -0.1) is 15.3 Å². The summed E-state index contributed by atoms with van der Waals surface area (Å²) in [6.07, 6.45) is 0.835. The van der Waals surface area contributed by atoms with Gasteiger partial charge in [-0.05, 0) is 18.6 Å². The summed E-state index contributed by atoms with van der Waals surface area (Å²) < 4.78 is 7.11. The molecule has 26 heavy (non-hydrogen) atoms. The first-order valence-corrected chi connectivity index (χ1v) is 9.25. The van der Waals surface area contributed by atoms with Gasteiger partial charge in [-0.1, -0.05) is 20.8 Å².